The van der Waals surface area contributed by atoms with Crippen molar-refractivity contribution < 1.29 is 5.11 Å². The Morgan fingerprint density at radius 1 is 1.20 bits per heavy atom. The average Bonchev–Trinajstić information content (AvgIpc) is 2.94. The molecule has 20 heavy (non-hydrogen) atoms. The van der Waals surface area contributed by atoms with Gasteiger partial charge in [0.2, 0.25) is 0 Å². The molecule has 1 aliphatic carbocycles. The molecule has 1 aliphatic heterocycles. The van der Waals surface area contributed by atoms with Gasteiger partial charge in [0.1, 0.15) is 0 Å². The Labute approximate surface area is 130 Å². The molecular weight excluding hydrogens is 314 g/mol. The lowest BCUT2D eigenvalue weighted by Gasteiger charge is -2.38. The van der Waals surface area contributed by atoms with E-state index in [-0.39, 0.29) is 6.10 Å². The Bertz CT molecular complexity index is 450. The molecule has 2 aliphatic rings. The number of fused-ring (bicyclic) bond motifs is 1. The lowest BCUT2D eigenvalue weighted by molar-refractivity contribution is 0.0832. The molecule has 1 N–H and O–H groups in total. The minimum atomic E-state index is -0.354. The van der Waals surface area contributed by atoms with Crippen molar-refractivity contribution >= 4 is 15.9 Å². The highest BCUT2D eigenvalue weighted by Crippen LogP contribution is 2.37. The van der Waals surface area contributed by atoms with E-state index in [4.69, 9.17) is 0 Å². The summed E-state index contributed by atoms with van der Waals surface area (Å²) in [5.41, 5.74) is 1.02. The Morgan fingerprint density at radius 2 is 2.00 bits per heavy atom. The molecule has 3 rings (SSSR count). The van der Waals surface area contributed by atoms with Crippen LogP contribution in [0.3, 0.4) is 0 Å². The van der Waals surface area contributed by atoms with Crippen molar-refractivity contribution in [2.24, 2.45) is 5.92 Å². The molecule has 3 atom stereocenters. The predicted molar refractivity (Wildman–Crippen MR) is 85.7 cm³/mol. The molecule has 1 aromatic carbocycles. The van der Waals surface area contributed by atoms with Crippen LogP contribution in [0.2, 0.25) is 0 Å². The highest BCUT2D eigenvalue weighted by atomic mass is 79.9. The first kappa shape index (κ1) is 14.6. The third-order valence-electron chi connectivity index (χ3n) is 5.06. The van der Waals surface area contributed by atoms with E-state index in [0.717, 1.165) is 35.0 Å². The number of halogens is 1. The van der Waals surface area contributed by atoms with Crippen molar-refractivity contribution in [1.29, 1.82) is 0 Å². The number of rotatable bonds is 4. The molecule has 1 saturated heterocycles. The fraction of sp³-hybridized carbons (Fsp3) is 0.647. The second-order valence-corrected chi connectivity index (χ2v) is 7.12. The monoisotopic (exact) mass is 337 g/mol. The number of benzene rings is 1. The van der Waals surface area contributed by atoms with Gasteiger partial charge in [-0.05, 0) is 56.2 Å². The van der Waals surface area contributed by atoms with E-state index in [1.54, 1.807) is 0 Å². The number of hydrogen-bond donors (Lipinski definition) is 1. The quantitative estimate of drug-likeness (QED) is 0.892. The van der Waals surface area contributed by atoms with Crippen molar-refractivity contribution in [2.45, 2.75) is 50.7 Å². The summed E-state index contributed by atoms with van der Waals surface area (Å²) < 4.78 is 1.02. The Kier molecular flexibility index (Phi) is 4.79. The summed E-state index contributed by atoms with van der Waals surface area (Å²) in [7, 11) is 0. The molecule has 1 aromatic rings. The van der Waals surface area contributed by atoms with E-state index in [0.29, 0.717) is 0 Å². The largest absolute Gasteiger partial charge is 0.388 e. The number of hydrogen-bond acceptors (Lipinski definition) is 2. The zero-order valence-corrected chi connectivity index (χ0v) is 13.6. The lowest BCUT2D eigenvalue weighted by Crippen LogP contribution is -2.43. The van der Waals surface area contributed by atoms with Crippen LogP contribution < -0.4 is 0 Å². The number of likely N-dealkylation sites (tertiary alicyclic amines) is 1. The summed E-state index contributed by atoms with van der Waals surface area (Å²) in [5, 5.41) is 10.4. The molecule has 2 fully saturated rings. The lowest BCUT2D eigenvalue weighted by atomic mass is 9.91. The number of aliphatic hydroxyl groups is 1. The van der Waals surface area contributed by atoms with Crippen LogP contribution in [-0.2, 0) is 0 Å². The van der Waals surface area contributed by atoms with E-state index >= 15 is 0 Å². The van der Waals surface area contributed by atoms with Crippen molar-refractivity contribution in [3.05, 3.63) is 34.3 Å². The predicted octanol–water partition coefficient (Wildman–Crippen LogP) is 4.14. The minimum Gasteiger partial charge on any atom is -0.388 e. The van der Waals surface area contributed by atoms with Crippen molar-refractivity contribution in [1.82, 2.24) is 4.90 Å². The Hall–Kier alpha value is -0.380. The van der Waals surface area contributed by atoms with Crippen LogP contribution in [-0.4, -0.2) is 29.1 Å². The highest BCUT2D eigenvalue weighted by Gasteiger charge is 2.34. The molecule has 1 saturated carbocycles. The summed E-state index contributed by atoms with van der Waals surface area (Å²) >= 11 is 3.53. The van der Waals surface area contributed by atoms with Crippen LogP contribution in [0.15, 0.2) is 28.7 Å². The van der Waals surface area contributed by atoms with Gasteiger partial charge in [0.25, 0.3) is 0 Å². The molecule has 0 radical (unpaired) electrons. The van der Waals surface area contributed by atoms with Gasteiger partial charge in [-0.25, -0.2) is 0 Å². The van der Waals surface area contributed by atoms with Gasteiger partial charge < -0.3 is 10.0 Å². The van der Waals surface area contributed by atoms with E-state index in [1.165, 1.54) is 38.6 Å². The van der Waals surface area contributed by atoms with Gasteiger partial charge in [-0.15, -0.1) is 0 Å². The summed E-state index contributed by atoms with van der Waals surface area (Å²) in [6.07, 6.45) is 7.45. The first-order valence-electron chi connectivity index (χ1n) is 7.92. The third-order valence-corrected chi connectivity index (χ3v) is 5.78. The smallest absolute Gasteiger partial charge is 0.0813 e. The Morgan fingerprint density at radius 3 is 2.85 bits per heavy atom. The second-order valence-electron chi connectivity index (χ2n) is 6.26. The molecular formula is C17H24BrNO. The maximum Gasteiger partial charge on any atom is 0.0813 e. The van der Waals surface area contributed by atoms with Crippen molar-refractivity contribution in [2.75, 3.05) is 13.1 Å². The molecule has 2 nitrogen and oxygen atoms in total. The normalized spacial score (nSPS) is 28.3. The molecule has 3 heteroatoms. The SMILES string of the molecule is OC(CCN1CCCC2CCCC21)c1ccccc1Br. The van der Waals surface area contributed by atoms with E-state index in [9.17, 15) is 5.11 Å². The molecule has 3 unspecified atom stereocenters. The molecule has 110 valence electrons. The average molecular weight is 338 g/mol. The second kappa shape index (κ2) is 6.59. The first-order chi connectivity index (χ1) is 9.75. The number of aliphatic hydroxyl groups excluding tert-OH is 1. The van der Waals surface area contributed by atoms with Crippen LogP contribution in [0.25, 0.3) is 0 Å². The van der Waals surface area contributed by atoms with Crippen molar-refractivity contribution in [3.8, 4) is 0 Å². The topological polar surface area (TPSA) is 23.5 Å². The zero-order valence-electron chi connectivity index (χ0n) is 12.0. The van der Waals surface area contributed by atoms with E-state index in [1.807, 2.05) is 24.3 Å². The summed E-state index contributed by atoms with van der Waals surface area (Å²) in [6.45, 7) is 2.26. The van der Waals surface area contributed by atoms with Gasteiger partial charge in [0.15, 0.2) is 0 Å². The fourth-order valence-corrected chi connectivity index (χ4v) is 4.57. The minimum absolute atomic E-state index is 0.354. The molecule has 0 amide bonds. The van der Waals surface area contributed by atoms with E-state index in [2.05, 4.69) is 20.8 Å². The van der Waals surface area contributed by atoms with Crippen LogP contribution in [0.5, 0.6) is 0 Å². The maximum atomic E-state index is 10.4. The zero-order chi connectivity index (χ0) is 13.9. The summed E-state index contributed by atoms with van der Waals surface area (Å²) in [4.78, 5) is 2.64. The highest BCUT2D eigenvalue weighted by molar-refractivity contribution is 9.10. The molecule has 0 aromatic heterocycles. The molecule has 0 spiro atoms. The van der Waals surface area contributed by atoms with Crippen LogP contribution in [0, 0.1) is 5.92 Å². The Balaban J connectivity index is 1.57. The number of piperidine rings is 1. The van der Waals surface area contributed by atoms with Gasteiger partial charge >= 0.3 is 0 Å². The fourth-order valence-electron chi connectivity index (χ4n) is 4.02. The molecule has 1 heterocycles. The van der Waals surface area contributed by atoms with Crippen molar-refractivity contribution in [3.63, 3.8) is 0 Å². The van der Waals surface area contributed by atoms with Crippen LogP contribution in [0.4, 0.5) is 0 Å². The van der Waals surface area contributed by atoms with Gasteiger partial charge in [0.05, 0.1) is 6.10 Å². The third kappa shape index (κ3) is 3.10. The van der Waals surface area contributed by atoms with Gasteiger partial charge in [0, 0.05) is 17.1 Å². The van der Waals surface area contributed by atoms with Gasteiger partial charge in [-0.2, -0.15) is 0 Å². The van der Waals surface area contributed by atoms with E-state index < -0.39 is 0 Å². The van der Waals surface area contributed by atoms with Gasteiger partial charge in [-0.3, -0.25) is 0 Å². The standard InChI is InChI=1S/C17H24BrNO/c18-15-8-2-1-7-14(15)17(20)10-12-19-11-4-6-13-5-3-9-16(13)19/h1-2,7-8,13,16-17,20H,3-6,9-12H2. The van der Waals surface area contributed by atoms with Crippen LogP contribution >= 0.6 is 15.9 Å². The summed E-state index contributed by atoms with van der Waals surface area (Å²) in [5.74, 6) is 0.935. The maximum absolute atomic E-state index is 10.4. The van der Waals surface area contributed by atoms with Crippen LogP contribution in [0.1, 0.15) is 50.2 Å². The van der Waals surface area contributed by atoms with Gasteiger partial charge in [-0.1, -0.05) is 40.5 Å². The molecule has 0 bridgehead atoms. The number of nitrogens with zero attached hydrogens (tertiary/aromatic N) is 1. The summed E-state index contributed by atoms with van der Waals surface area (Å²) in [6, 6.07) is 8.82. The first-order valence-corrected chi connectivity index (χ1v) is 8.71.